The fourth-order valence-electron chi connectivity index (χ4n) is 3.38. The molecule has 4 aromatic rings. The Morgan fingerprint density at radius 1 is 1.06 bits per heavy atom. The van der Waals surface area contributed by atoms with Gasteiger partial charge in [-0.15, -0.1) is 11.3 Å². The molecule has 31 heavy (non-hydrogen) atoms. The largest absolute Gasteiger partial charge is 0.384 e. The van der Waals surface area contributed by atoms with Crippen molar-refractivity contribution in [3.8, 4) is 11.1 Å². The molecule has 0 amide bonds. The fourth-order valence-corrected chi connectivity index (χ4v) is 4.29. The number of rotatable bonds is 4. The van der Waals surface area contributed by atoms with E-state index < -0.39 is 29.1 Å². The highest BCUT2D eigenvalue weighted by Gasteiger charge is 2.22. The van der Waals surface area contributed by atoms with Gasteiger partial charge in [0.25, 0.3) is 11.1 Å². The van der Waals surface area contributed by atoms with Crippen molar-refractivity contribution in [2.75, 3.05) is 5.73 Å². The number of hydrogen-bond donors (Lipinski definition) is 1. The van der Waals surface area contributed by atoms with Gasteiger partial charge >= 0.3 is 5.69 Å². The van der Waals surface area contributed by atoms with Gasteiger partial charge in [-0.25, -0.2) is 9.78 Å². The van der Waals surface area contributed by atoms with E-state index in [0.29, 0.717) is 10.2 Å². The van der Waals surface area contributed by atoms with Gasteiger partial charge < -0.3 is 5.73 Å². The summed E-state index contributed by atoms with van der Waals surface area (Å²) in [7, 11) is 2.63. The van der Waals surface area contributed by atoms with Crippen molar-refractivity contribution in [3.63, 3.8) is 0 Å². The Balaban J connectivity index is 1.81. The van der Waals surface area contributed by atoms with Crippen molar-refractivity contribution in [2.24, 2.45) is 14.1 Å². The number of nitrogen functional groups attached to an aromatic ring is 1. The zero-order chi connectivity index (χ0) is 22.4. The molecule has 0 bridgehead atoms. The monoisotopic (exact) mass is 437 g/mol. The summed E-state index contributed by atoms with van der Waals surface area (Å²) >= 11 is 1.34. The van der Waals surface area contributed by atoms with Crippen molar-refractivity contribution in [1.29, 1.82) is 0 Å². The minimum Gasteiger partial charge on any atom is -0.384 e. The molecule has 0 aliphatic rings. The number of fused-ring (bicyclic) bond motifs is 1. The van der Waals surface area contributed by atoms with Gasteiger partial charge in [-0.3, -0.25) is 28.1 Å². The van der Waals surface area contributed by atoms with E-state index in [1.54, 1.807) is 0 Å². The molecule has 4 rings (SSSR count). The lowest BCUT2D eigenvalue weighted by Crippen LogP contribution is -2.42. The number of aromatic nitrogens is 4. The maximum atomic E-state index is 13.2. The van der Waals surface area contributed by atoms with E-state index in [-0.39, 0.29) is 11.4 Å². The van der Waals surface area contributed by atoms with Gasteiger partial charge in [0, 0.05) is 25.0 Å². The quantitative estimate of drug-likeness (QED) is 0.480. The van der Waals surface area contributed by atoms with Gasteiger partial charge in [0.1, 0.15) is 16.2 Å². The second-order valence-corrected chi connectivity index (χ2v) is 8.12. The number of anilines is 1. The lowest BCUT2D eigenvalue weighted by Gasteiger charge is -2.11. The number of Topliss-reactive ketones (excluding diaryl/α,β-unsaturated/α-hetero) is 1. The Morgan fingerprint density at radius 2 is 1.74 bits per heavy atom. The highest BCUT2D eigenvalue weighted by molar-refractivity contribution is 7.17. The predicted octanol–water partition coefficient (Wildman–Crippen LogP) is 1.30. The molecule has 0 unspecified atom stereocenters. The molecule has 1 aromatic carbocycles. The molecular weight excluding hydrogens is 418 g/mol. The van der Waals surface area contributed by atoms with Crippen LogP contribution in [0.5, 0.6) is 0 Å². The molecule has 9 nitrogen and oxygen atoms in total. The van der Waals surface area contributed by atoms with E-state index in [1.807, 2.05) is 36.6 Å². The highest BCUT2D eigenvalue weighted by atomic mass is 32.1. The van der Waals surface area contributed by atoms with Crippen LogP contribution in [0.3, 0.4) is 0 Å². The third-order valence-electron chi connectivity index (χ3n) is 5.23. The molecule has 158 valence electrons. The second-order valence-electron chi connectivity index (χ2n) is 7.26. The number of ketones is 1. The zero-order valence-electron chi connectivity index (χ0n) is 17.1. The normalized spacial score (nSPS) is 11.2. The Morgan fingerprint density at radius 3 is 2.42 bits per heavy atom. The number of aryl methyl sites for hydroxylation is 1. The molecular formula is C21H19N5O4S. The molecule has 2 N–H and O–H groups in total. The number of benzene rings is 1. The molecule has 10 heteroatoms. The van der Waals surface area contributed by atoms with E-state index in [2.05, 4.69) is 4.98 Å². The topological polar surface area (TPSA) is 122 Å². The first kappa shape index (κ1) is 20.5. The van der Waals surface area contributed by atoms with Crippen LogP contribution in [0.4, 0.5) is 5.82 Å². The van der Waals surface area contributed by atoms with Gasteiger partial charge in [-0.05, 0) is 12.5 Å². The van der Waals surface area contributed by atoms with E-state index in [9.17, 15) is 19.2 Å². The molecule has 0 radical (unpaired) electrons. The highest BCUT2D eigenvalue weighted by Crippen LogP contribution is 2.30. The van der Waals surface area contributed by atoms with Crippen LogP contribution >= 0.6 is 11.3 Å². The van der Waals surface area contributed by atoms with E-state index >= 15 is 0 Å². The van der Waals surface area contributed by atoms with Crippen LogP contribution in [-0.4, -0.2) is 24.5 Å². The summed E-state index contributed by atoms with van der Waals surface area (Å²) < 4.78 is 2.98. The summed E-state index contributed by atoms with van der Waals surface area (Å²) in [5, 5.41) is 2.27. The van der Waals surface area contributed by atoms with Crippen LogP contribution in [0.25, 0.3) is 21.3 Å². The first-order valence-corrected chi connectivity index (χ1v) is 10.2. The van der Waals surface area contributed by atoms with Crippen LogP contribution in [0.2, 0.25) is 0 Å². The summed E-state index contributed by atoms with van der Waals surface area (Å²) in [5.41, 5.74) is 6.40. The summed E-state index contributed by atoms with van der Waals surface area (Å²) in [6.07, 6.45) is 1.28. The molecule has 3 aromatic heterocycles. The Labute approximate surface area is 179 Å². The SMILES string of the molecule is Cc1ccc(-c2csc3ncn(CC(=O)c4c(N)n(C)c(=O)n(C)c4=O)c(=O)c23)cc1. The van der Waals surface area contributed by atoms with Crippen molar-refractivity contribution in [3.05, 3.63) is 78.3 Å². The summed E-state index contributed by atoms with van der Waals surface area (Å²) in [6, 6.07) is 7.76. The number of nitrogens with two attached hydrogens (primary N) is 1. The van der Waals surface area contributed by atoms with Crippen LogP contribution in [0, 0.1) is 6.92 Å². The summed E-state index contributed by atoms with van der Waals surface area (Å²) in [6.45, 7) is 1.55. The van der Waals surface area contributed by atoms with Crippen LogP contribution in [0.1, 0.15) is 15.9 Å². The van der Waals surface area contributed by atoms with Gasteiger partial charge in [-0.2, -0.15) is 0 Å². The maximum Gasteiger partial charge on any atom is 0.332 e. The molecule has 0 spiro atoms. The van der Waals surface area contributed by atoms with E-state index in [0.717, 1.165) is 30.4 Å². The van der Waals surface area contributed by atoms with Crippen molar-refractivity contribution in [2.45, 2.75) is 13.5 Å². The molecule has 0 aliphatic carbocycles. The number of carbonyl (C=O) groups is 1. The molecule has 0 atom stereocenters. The van der Waals surface area contributed by atoms with Crippen LogP contribution in [0.15, 0.2) is 50.4 Å². The smallest absolute Gasteiger partial charge is 0.332 e. The molecule has 0 fully saturated rings. The Bertz CT molecular complexity index is 1520. The third-order valence-corrected chi connectivity index (χ3v) is 6.11. The lowest BCUT2D eigenvalue weighted by molar-refractivity contribution is 0.0968. The average molecular weight is 437 g/mol. The van der Waals surface area contributed by atoms with Crippen molar-refractivity contribution >= 4 is 33.2 Å². The van der Waals surface area contributed by atoms with Crippen LogP contribution in [-0.2, 0) is 20.6 Å². The van der Waals surface area contributed by atoms with Gasteiger partial charge in [0.15, 0.2) is 5.78 Å². The van der Waals surface area contributed by atoms with Crippen LogP contribution < -0.4 is 22.5 Å². The Kier molecular flexibility index (Phi) is 4.94. The zero-order valence-corrected chi connectivity index (χ0v) is 17.9. The Hall–Kier alpha value is -3.79. The standard InChI is InChI=1S/C21H19N5O4S/c1-11-4-6-12(7-5-11)13-9-31-18-15(13)20(29)26(10-23-18)8-14(27)16-17(22)24(2)21(30)25(3)19(16)28/h4-7,9-10H,8,22H2,1-3H3. The van der Waals surface area contributed by atoms with Gasteiger partial charge in [0.2, 0.25) is 0 Å². The van der Waals surface area contributed by atoms with Gasteiger partial charge in [-0.1, -0.05) is 29.8 Å². The molecule has 0 aliphatic heterocycles. The lowest BCUT2D eigenvalue weighted by atomic mass is 10.1. The van der Waals surface area contributed by atoms with E-state index in [4.69, 9.17) is 5.73 Å². The number of nitrogens with zero attached hydrogens (tertiary/aromatic N) is 4. The second kappa shape index (κ2) is 7.47. The number of thiophene rings is 1. The minimum atomic E-state index is -0.802. The maximum absolute atomic E-state index is 13.2. The third kappa shape index (κ3) is 3.30. The van der Waals surface area contributed by atoms with Crippen molar-refractivity contribution < 1.29 is 4.79 Å². The summed E-state index contributed by atoms with van der Waals surface area (Å²) in [4.78, 5) is 55.4. The molecule has 0 saturated carbocycles. The number of carbonyl (C=O) groups excluding carboxylic acids is 1. The first-order chi connectivity index (χ1) is 14.7. The predicted molar refractivity (Wildman–Crippen MR) is 120 cm³/mol. The molecule has 3 heterocycles. The molecule has 0 saturated heterocycles. The van der Waals surface area contributed by atoms with Gasteiger partial charge in [0.05, 0.1) is 18.3 Å². The van der Waals surface area contributed by atoms with E-state index in [1.165, 1.54) is 31.8 Å². The fraction of sp³-hybridized carbons (Fsp3) is 0.190. The first-order valence-electron chi connectivity index (χ1n) is 9.33. The van der Waals surface area contributed by atoms with Crippen molar-refractivity contribution in [1.82, 2.24) is 18.7 Å². The summed E-state index contributed by atoms with van der Waals surface area (Å²) in [5.74, 6) is -0.917. The number of hydrogen-bond acceptors (Lipinski definition) is 7. The average Bonchev–Trinajstić information content (AvgIpc) is 3.18. The minimum absolute atomic E-state index is 0.240.